The number of carbonyl (C=O) groups excluding carboxylic acids is 2. The van der Waals surface area contributed by atoms with Gasteiger partial charge in [0, 0.05) is 43.6 Å². The molecule has 0 unspecified atom stereocenters. The SMILES string of the molecule is C[C@@H]1c2ccsc2CCN1CC(=O)N1CCN(C(=O)c2cccs2)CC1. The number of fused-ring (bicyclic) bond motifs is 1. The van der Waals surface area contributed by atoms with Crippen molar-refractivity contribution >= 4 is 34.5 Å². The average molecular weight is 390 g/mol. The van der Waals surface area contributed by atoms with Crippen LogP contribution < -0.4 is 0 Å². The molecule has 0 aliphatic carbocycles. The molecule has 1 atom stereocenters. The fourth-order valence-corrected chi connectivity index (χ4v) is 5.42. The van der Waals surface area contributed by atoms with E-state index in [4.69, 9.17) is 0 Å². The number of rotatable bonds is 3. The van der Waals surface area contributed by atoms with E-state index in [-0.39, 0.29) is 11.8 Å². The average Bonchev–Trinajstić information content (AvgIpc) is 3.35. The molecule has 0 radical (unpaired) electrons. The molecule has 7 heteroatoms. The van der Waals surface area contributed by atoms with Crippen molar-refractivity contribution in [2.24, 2.45) is 0 Å². The lowest BCUT2D eigenvalue weighted by atomic mass is 10.0. The summed E-state index contributed by atoms with van der Waals surface area (Å²) >= 11 is 3.29. The molecule has 0 N–H and O–H groups in total. The minimum Gasteiger partial charge on any atom is -0.338 e. The van der Waals surface area contributed by atoms with Crippen molar-refractivity contribution in [1.29, 1.82) is 0 Å². The Bertz CT molecular complexity index is 779. The summed E-state index contributed by atoms with van der Waals surface area (Å²) in [4.78, 5) is 33.5. The second-order valence-corrected chi connectivity index (χ2v) is 8.79. The van der Waals surface area contributed by atoms with Crippen LogP contribution in [0.25, 0.3) is 0 Å². The number of hydrogen-bond donors (Lipinski definition) is 0. The largest absolute Gasteiger partial charge is 0.338 e. The standard InChI is InChI=1S/C19H23N3O2S2/c1-14-15-5-12-26-16(15)4-6-22(14)13-18(23)20-7-9-21(10-8-20)19(24)17-3-2-11-25-17/h2-3,5,11-12,14H,4,6-10,13H2,1H3/t14-/m1/s1. The van der Waals surface area contributed by atoms with Crippen LogP contribution in [0.5, 0.6) is 0 Å². The van der Waals surface area contributed by atoms with Gasteiger partial charge in [-0.1, -0.05) is 6.07 Å². The number of hydrogen-bond acceptors (Lipinski definition) is 5. The van der Waals surface area contributed by atoms with E-state index in [1.807, 2.05) is 38.6 Å². The zero-order valence-corrected chi connectivity index (χ0v) is 16.5. The quantitative estimate of drug-likeness (QED) is 0.811. The van der Waals surface area contributed by atoms with Crippen molar-refractivity contribution in [3.05, 3.63) is 44.3 Å². The van der Waals surface area contributed by atoms with Gasteiger partial charge in [-0.2, -0.15) is 0 Å². The lowest BCUT2D eigenvalue weighted by molar-refractivity contribution is -0.134. The van der Waals surface area contributed by atoms with Crippen LogP contribution in [0.4, 0.5) is 0 Å². The van der Waals surface area contributed by atoms with E-state index in [1.165, 1.54) is 21.8 Å². The van der Waals surface area contributed by atoms with Crippen molar-refractivity contribution in [1.82, 2.24) is 14.7 Å². The lowest BCUT2D eigenvalue weighted by Crippen LogP contribution is -2.53. The third kappa shape index (κ3) is 3.43. The van der Waals surface area contributed by atoms with E-state index in [9.17, 15) is 9.59 Å². The first kappa shape index (κ1) is 17.7. The summed E-state index contributed by atoms with van der Waals surface area (Å²) in [7, 11) is 0. The summed E-state index contributed by atoms with van der Waals surface area (Å²) in [5, 5.41) is 4.07. The van der Waals surface area contributed by atoms with Gasteiger partial charge in [0.05, 0.1) is 11.4 Å². The van der Waals surface area contributed by atoms with E-state index in [1.54, 1.807) is 0 Å². The predicted molar refractivity (Wildman–Crippen MR) is 105 cm³/mol. The summed E-state index contributed by atoms with van der Waals surface area (Å²) in [6, 6.07) is 6.25. The van der Waals surface area contributed by atoms with E-state index in [2.05, 4.69) is 23.3 Å². The smallest absolute Gasteiger partial charge is 0.264 e. The zero-order chi connectivity index (χ0) is 18.1. The minimum absolute atomic E-state index is 0.0849. The summed E-state index contributed by atoms with van der Waals surface area (Å²) in [5.74, 6) is 0.264. The maximum absolute atomic E-state index is 12.8. The van der Waals surface area contributed by atoms with Crippen LogP contribution >= 0.6 is 22.7 Å². The summed E-state index contributed by atoms with van der Waals surface area (Å²) < 4.78 is 0. The molecule has 0 saturated carbocycles. The van der Waals surface area contributed by atoms with Crippen LogP contribution in [0, 0.1) is 0 Å². The first-order valence-electron chi connectivity index (χ1n) is 9.04. The molecule has 26 heavy (non-hydrogen) atoms. The molecular weight excluding hydrogens is 366 g/mol. The van der Waals surface area contributed by atoms with E-state index in [0.717, 1.165) is 17.8 Å². The highest BCUT2D eigenvalue weighted by Crippen LogP contribution is 2.32. The zero-order valence-electron chi connectivity index (χ0n) is 14.9. The van der Waals surface area contributed by atoms with E-state index < -0.39 is 0 Å². The maximum Gasteiger partial charge on any atom is 0.264 e. The molecule has 2 aliphatic heterocycles. The predicted octanol–water partition coefficient (Wildman–Crippen LogP) is 2.71. The summed E-state index contributed by atoms with van der Waals surface area (Å²) in [6.45, 7) is 6.09. The molecule has 1 fully saturated rings. The minimum atomic E-state index is 0.0849. The van der Waals surface area contributed by atoms with Crippen molar-refractivity contribution in [2.75, 3.05) is 39.3 Å². The Hall–Kier alpha value is -1.70. The van der Waals surface area contributed by atoms with Crippen LogP contribution in [0.1, 0.15) is 33.1 Å². The highest BCUT2D eigenvalue weighted by molar-refractivity contribution is 7.12. The fraction of sp³-hybridized carbons (Fsp3) is 0.474. The molecule has 2 amide bonds. The Morgan fingerprint density at radius 2 is 1.81 bits per heavy atom. The van der Waals surface area contributed by atoms with Gasteiger partial charge >= 0.3 is 0 Å². The van der Waals surface area contributed by atoms with Crippen LogP contribution in [0.3, 0.4) is 0 Å². The number of nitrogens with zero attached hydrogens (tertiary/aromatic N) is 3. The maximum atomic E-state index is 12.8. The van der Waals surface area contributed by atoms with Gasteiger partial charge in [0.15, 0.2) is 0 Å². The van der Waals surface area contributed by atoms with Crippen LogP contribution in [-0.4, -0.2) is 65.8 Å². The Balaban J connectivity index is 1.31. The van der Waals surface area contributed by atoms with Gasteiger partial charge < -0.3 is 9.80 Å². The van der Waals surface area contributed by atoms with Gasteiger partial charge in [-0.05, 0) is 41.8 Å². The highest BCUT2D eigenvalue weighted by Gasteiger charge is 2.30. The molecule has 138 valence electrons. The molecule has 2 aromatic heterocycles. The Kier molecular flexibility index (Phi) is 5.11. The first-order chi connectivity index (χ1) is 12.6. The van der Waals surface area contributed by atoms with Crippen LogP contribution in [0.2, 0.25) is 0 Å². The molecule has 0 bridgehead atoms. The highest BCUT2D eigenvalue weighted by atomic mass is 32.1. The van der Waals surface area contributed by atoms with Crippen LogP contribution in [0.15, 0.2) is 29.0 Å². The first-order valence-corrected chi connectivity index (χ1v) is 10.8. The monoisotopic (exact) mass is 389 g/mol. The summed E-state index contributed by atoms with van der Waals surface area (Å²) in [5.41, 5.74) is 1.38. The molecule has 5 nitrogen and oxygen atoms in total. The van der Waals surface area contributed by atoms with E-state index >= 15 is 0 Å². The number of carbonyl (C=O) groups is 2. The second kappa shape index (κ2) is 7.50. The van der Waals surface area contributed by atoms with Crippen LogP contribution in [-0.2, 0) is 11.2 Å². The van der Waals surface area contributed by atoms with Crippen molar-refractivity contribution in [3.8, 4) is 0 Å². The molecule has 1 saturated heterocycles. The van der Waals surface area contributed by atoms with Crippen molar-refractivity contribution < 1.29 is 9.59 Å². The topological polar surface area (TPSA) is 43.9 Å². The Morgan fingerprint density at radius 3 is 2.54 bits per heavy atom. The summed E-state index contributed by atoms with van der Waals surface area (Å²) in [6.07, 6.45) is 1.04. The van der Waals surface area contributed by atoms with E-state index in [0.29, 0.717) is 38.8 Å². The normalized spacial score (nSPS) is 20.9. The molecule has 2 aromatic rings. The molecule has 0 spiro atoms. The molecule has 2 aliphatic rings. The number of thiophene rings is 2. The van der Waals surface area contributed by atoms with Gasteiger partial charge in [0.2, 0.25) is 5.91 Å². The molecular formula is C19H23N3O2S2. The van der Waals surface area contributed by atoms with Crippen molar-refractivity contribution in [3.63, 3.8) is 0 Å². The van der Waals surface area contributed by atoms with Crippen molar-refractivity contribution in [2.45, 2.75) is 19.4 Å². The molecule has 4 heterocycles. The van der Waals surface area contributed by atoms with Gasteiger partial charge in [-0.15, -0.1) is 22.7 Å². The van der Waals surface area contributed by atoms with Gasteiger partial charge in [0.25, 0.3) is 5.91 Å². The molecule has 4 rings (SSSR count). The van der Waals surface area contributed by atoms with Gasteiger partial charge in [-0.3, -0.25) is 14.5 Å². The van der Waals surface area contributed by atoms with Gasteiger partial charge in [0.1, 0.15) is 0 Å². The Labute approximate surface area is 161 Å². The lowest BCUT2D eigenvalue weighted by Gasteiger charge is -2.38. The Morgan fingerprint density at radius 1 is 1.04 bits per heavy atom. The second-order valence-electron chi connectivity index (χ2n) is 6.85. The number of amides is 2. The molecule has 0 aromatic carbocycles. The third-order valence-corrected chi connectivity index (χ3v) is 7.25. The fourth-order valence-electron chi connectivity index (χ4n) is 3.77. The van der Waals surface area contributed by atoms with Gasteiger partial charge in [-0.25, -0.2) is 0 Å². The third-order valence-electron chi connectivity index (χ3n) is 5.39. The number of piperazine rings is 1.